The highest BCUT2D eigenvalue weighted by atomic mass is 16.5. The number of nitrogens with zero attached hydrogens (tertiary/aromatic N) is 3. The number of nitrogens with two attached hydrogens (primary N) is 1. The molecule has 6 heteroatoms. The summed E-state index contributed by atoms with van der Waals surface area (Å²) < 4.78 is 7.64. The molecule has 0 unspecified atom stereocenters. The van der Waals surface area contributed by atoms with Gasteiger partial charge in [0.2, 0.25) is 0 Å². The van der Waals surface area contributed by atoms with Crippen LogP contribution in [0.1, 0.15) is 0 Å². The largest absolute Gasteiger partial charge is 0.489 e. The lowest BCUT2D eigenvalue weighted by Crippen LogP contribution is -2.05. The van der Waals surface area contributed by atoms with Gasteiger partial charge in [-0.3, -0.25) is 4.57 Å². The number of anilines is 1. The Morgan fingerprint density at radius 3 is 2.58 bits per heavy atom. The first-order chi connectivity index (χ1) is 12.8. The van der Waals surface area contributed by atoms with Gasteiger partial charge in [0.25, 0.3) is 0 Å². The van der Waals surface area contributed by atoms with Crippen molar-refractivity contribution in [1.82, 2.24) is 14.5 Å². The van der Waals surface area contributed by atoms with Crippen LogP contribution < -0.4 is 10.5 Å². The number of ether oxygens (including phenoxy) is 1. The summed E-state index contributed by atoms with van der Waals surface area (Å²) in [7, 11) is 0. The number of aliphatic hydroxyl groups is 1. The van der Waals surface area contributed by atoms with E-state index in [4.69, 9.17) is 15.6 Å². The van der Waals surface area contributed by atoms with Crippen LogP contribution >= 0.6 is 0 Å². The quantitative estimate of drug-likeness (QED) is 0.580. The van der Waals surface area contributed by atoms with Crippen molar-refractivity contribution in [1.29, 1.82) is 0 Å². The summed E-state index contributed by atoms with van der Waals surface area (Å²) in [5, 5.41) is 9.88. The lowest BCUT2D eigenvalue weighted by molar-refractivity contribution is 0.201. The summed E-state index contributed by atoms with van der Waals surface area (Å²) >= 11 is 0. The van der Waals surface area contributed by atoms with Gasteiger partial charge in [-0.05, 0) is 17.7 Å². The number of benzene rings is 2. The third-order valence-electron chi connectivity index (χ3n) is 4.17. The number of para-hydroxylation sites is 2. The molecule has 26 heavy (non-hydrogen) atoms. The van der Waals surface area contributed by atoms with Crippen LogP contribution in [0.3, 0.4) is 0 Å². The predicted octanol–water partition coefficient (Wildman–Crippen LogP) is 3.04. The van der Waals surface area contributed by atoms with Gasteiger partial charge < -0.3 is 15.6 Å². The minimum absolute atomic E-state index is 0.0505. The standard InChI is InChI=1S/C20H18N4O2/c21-19-18-15(14-6-2-1-3-7-14)12-24(20(18)23-13-22-19)16-8-4-5-9-17(16)26-11-10-25/h1-9,12-13,25H,10-11H2,(H2,21,22,23). The first-order valence-corrected chi connectivity index (χ1v) is 8.29. The zero-order valence-corrected chi connectivity index (χ0v) is 14.0. The van der Waals surface area contributed by atoms with E-state index in [2.05, 4.69) is 9.97 Å². The number of nitrogen functional groups attached to an aromatic ring is 1. The molecule has 130 valence electrons. The molecule has 0 saturated heterocycles. The zero-order chi connectivity index (χ0) is 17.9. The highest BCUT2D eigenvalue weighted by Crippen LogP contribution is 2.36. The lowest BCUT2D eigenvalue weighted by atomic mass is 10.1. The van der Waals surface area contributed by atoms with Gasteiger partial charge >= 0.3 is 0 Å². The van der Waals surface area contributed by atoms with Gasteiger partial charge in [0.15, 0.2) is 5.65 Å². The lowest BCUT2D eigenvalue weighted by Gasteiger charge is -2.12. The van der Waals surface area contributed by atoms with E-state index in [0.717, 1.165) is 22.2 Å². The van der Waals surface area contributed by atoms with Crippen molar-refractivity contribution in [2.24, 2.45) is 0 Å². The zero-order valence-electron chi connectivity index (χ0n) is 14.0. The van der Waals surface area contributed by atoms with Crippen molar-refractivity contribution in [3.63, 3.8) is 0 Å². The summed E-state index contributed by atoms with van der Waals surface area (Å²) in [6.45, 7) is 0.171. The van der Waals surface area contributed by atoms with Gasteiger partial charge in [-0.1, -0.05) is 42.5 Å². The van der Waals surface area contributed by atoms with Crippen molar-refractivity contribution in [3.8, 4) is 22.6 Å². The minimum Gasteiger partial charge on any atom is -0.489 e. The molecule has 0 atom stereocenters. The molecule has 0 bridgehead atoms. The van der Waals surface area contributed by atoms with Crippen LogP contribution in [0.15, 0.2) is 67.1 Å². The van der Waals surface area contributed by atoms with E-state index < -0.39 is 0 Å². The average Bonchev–Trinajstić information content (AvgIpc) is 3.08. The molecule has 0 aliphatic carbocycles. The third-order valence-corrected chi connectivity index (χ3v) is 4.17. The average molecular weight is 346 g/mol. The molecule has 4 rings (SSSR count). The summed E-state index contributed by atoms with van der Waals surface area (Å²) in [6.07, 6.45) is 3.45. The molecule has 0 fully saturated rings. The molecule has 6 nitrogen and oxygen atoms in total. The number of aromatic nitrogens is 3. The normalized spacial score (nSPS) is 11.0. The monoisotopic (exact) mass is 346 g/mol. The highest BCUT2D eigenvalue weighted by Gasteiger charge is 2.17. The first kappa shape index (κ1) is 16.1. The molecule has 0 spiro atoms. The molecule has 2 aromatic heterocycles. The Kier molecular flexibility index (Phi) is 4.25. The summed E-state index contributed by atoms with van der Waals surface area (Å²) in [5.74, 6) is 1.09. The molecule has 2 aromatic carbocycles. The summed E-state index contributed by atoms with van der Waals surface area (Å²) in [5.41, 5.74) is 9.69. The SMILES string of the molecule is Nc1ncnc2c1c(-c1ccccc1)cn2-c1ccccc1OCCO. The van der Waals surface area contributed by atoms with E-state index in [1.54, 1.807) is 0 Å². The molecular weight excluding hydrogens is 328 g/mol. The van der Waals surface area contributed by atoms with Gasteiger partial charge in [-0.15, -0.1) is 0 Å². The fraction of sp³-hybridized carbons (Fsp3) is 0.100. The fourth-order valence-corrected chi connectivity index (χ4v) is 3.04. The summed E-state index contributed by atoms with van der Waals surface area (Å²) in [6, 6.07) is 17.6. The Morgan fingerprint density at radius 2 is 1.77 bits per heavy atom. The number of fused-ring (bicyclic) bond motifs is 1. The molecule has 0 amide bonds. The van der Waals surface area contributed by atoms with Crippen LogP contribution in [0.25, 0.3) is 27.8 Å². The molecule has 0 aliphatic heterocycles. The topological polar surface area (TPSA) is 86.2 Å². The maximum atomic E-state index is 9.08. The molecule has 0 aliphatic rings. The van der Waals surface area contributed by atoms with E-state index >= 15 is 0 Å². The maximum absolute atomic E-state index is 9.08. The van der Waals surface area contributed by atoms with Crippen LogP contribution in [0.4, 0.5) is 5.82 Å². The highest BCUT2D eigenvalue weighted by molar-refractivity contribution is 6.01. The van der Waals surface area contributed by atoms with Crippen LogP contribution in [-0.4, -0.2) is 32.9 Å². The van der Waals surface area contributed by atoms with Crippen molar-refractivity contribution >= 4 is 16.9 Å². The molecule has 4 aromatic rings. The van der Waals surface area contributed by atoms with Gasteiger partial charge in [0, 0.05) is 11.8 Å². The molecule has 2 heterocycles. The fourth-order valence-electron chi connectivity index (χ4n) is 3.04. The molecular formula is C20H18N4O2. The van der Waals surface area contributed by atoms with E-state index in [1.807, 2.05) is 65.4 Å². The second-order valence-electron chi connectivity index (χ2n) is 5.78. The van der Waals surface area contributed by atoms with Crippen molar-refractivity contribution in [3.05, 3.63) is 67.1 Å². The second-order valence-corrected chi connectivity index (χ2v) is 5.78. The number of hydrogen-bond donors (Lipinski definition) is 2. The van der Waals surface area contributed by atoms with Crippen molar-refractivity contribution in [2.45, 2.75) is 0 Å². The van der Waals surface area contributed by atoms with Gasteiger partial charge in [-0.25, -0.2) is 9.97 Å². The Labute approximate surface area is 150 Å². The van der Waals surface area contributed by atoms with Crippen LogP contribution in [0.5, 0.6) is 5.75 Å². The summed E-state index contributed by atoms with van der Waals surface area (Å²) in [4.78, 5) is 8.61. The van der Waals surface area contributed by atoms with Crippen molar-refractivity contribution in [2.75, 3.05) is 18.9 Å². The van der Waals surface area contributed by atoms with E-state index in [9.17, 15) is 0 Å². The number of rotatable bonds is 5. The van der Waals surface area contributed by atoms with E-state index in [1.165, 1.54) is 6.33 Å². The predicted molar refractivity (Wildman–Crippen MR) is 101 cm³/mol. The Bertz CT molecular complexity index is 1040. The smallest absolute Gasteiger partial charge is 0.150 e. The maximum Gasteiger partial charge on any atom is 0.150 e. The van der Waals surface area contributed by atoms with Crippen LogP contribution in [-0.2, 0) is 0 Å². The Balaban J connectivity index is 1.97. The second kappa shape index (κ2) is 6.85. The van der Waals surface area contributed by atoms with Gasteiger partial charge in [0.1, 0.15) is 24.5 Å². The van der Waals surface area contributed by atoms with Gasteiger partial charge in [0.05, 0.1) is 17.7 Å². The first-order valence-electron chi connectivity index (χ1n) is 8.29. The van der Waals surface area contributed by atoms with E-state index in [0.29, 0.717) is 17.2 Å². The van der Waals surface area contributed by atoms with Gasteiger partial charge in [-0.2, -0.15) is 0 Å². The molecule has 0 radical (unpaired) electrons. The van der Waals surface area contributed by atoms with Crippen LogP contribution in [0.2, 0.25) is 0 Å². The van der Waals surface area contributed by atoms with E-state index in [-0.39, 0.29) is 13.2 Å². The molecule has 3 N–H and O–H groups in total. The van der Waals surface area contributed by atoms with Crippen molar-refractivity contribution < 1.29 is 9.84 Å². The minimum atomic E-state index is -0.0505. The number of hydrogen-bond acceptors (Lipinski definition) is 5. The third kappa shape index (κ3) is 2.76. The Hall–Kier alpha value is -3.38. The number of aliphatic hydroxyl groups excluding tert-OH is 1. The molecule has 0 saturated carbocycles. The van der Waals surface area contributed by atoms with Crippen LogP contribution in [0, 0.1) is 0 Å². The Morgan fingerprint density at radius 1 is 1.00 bits per heavy atom.